The zero-order valence-electron chi connectivity index (χ0n) is 10.5. The average molecular weight is 241 g/mol. The normalized spacial score (nSPS) is 11.1. The first-order valence-electron chi connectivity index (χ1n) is 5.72. The number of aromatic carboxylic acids is 1. The van der Waals surface area contributed by atoms with Gasteiger partial charge in [-0.3, -0.25) is 0 Å². The maximum Gasteiger partial charge on any atom is 0.352 e. The van der Waals surface area contributed by atoms with Crippen molar-refractivity contribution in [2.45, 2.75) is 33.6 Å². The fourth-order valence-corrected chi connectivity index (χ4v) is 1.71. The maximum absolute atomic E-state index is 11.1. The molecule has 5 heteroatoms. The van der Waals surface area contributed by atoms with Crippen LogP contribution >= 0.6 is 0 Å². The van der Waals surface area contributed by atoms with Crippen LogP contribution in [0.15, 0.2) is 12.3 Å². The Hall–Kier alpha value is -1.33. The Morgan fingerprint density at radius 3 is 2.47 bits per heavy atom. The van der Waals surface area contributed by atoms with Crippen LogP contribution in [0.3, 0.4) is 0 Å². The highest BCUT2D eigenvalue weighted by Gasteiger charge is 2.17. The second kappa shape index (κ2) is 6.42. The second-order valence-corrected chi connectivity index (χ2v) is 3.65. The van der Waals surface area contributed by atoms with Crippen LogP contribution in [0.1, 0.15) is 29.9 Å². The molecule has 0 saturated carbocycles. The van der Waals surface area contributed by atoms with E-state index >= 15 is 0 Å². The molecule has 0 atom stereocenters. The summed E-state index contributed by atoms with van der Waals surface area (Å²) in [4.78, 5) is 11.1. The predicted octanol–water partition coefficient (Wildman–Crippen LogP) is 1.89. The van der Waals surface area contributed by atoms with E-state index in [1.54, 1.807) is 23.8 Å². The Morgan fingerprint density at radius 2 is 2.00 bits per heavy atom. The molecule has 0 bridgehead atoms. The lowest BCUT2D eigenvalue weighted by atomic mass is 10.3. The number of nitrogens with zero attached hydrogens (tertiary/aromatic N) is 1. The number of hydrogen-bond acceptors (Lipinski definition) is 3. The van der Waals surface area contributed by atoms with Gasteiger partial charge in [0.2, 0.25) is 0 Å². The minimum atomic E-state index is -0.931. The van der Waals surface area contributed by atoms with Crippen LogP contribution < -0.4 is 0 Å². The Morgan fingerprint density at radius 1 is 1.41 bits per heavy atom. The summed E-state index contributed by atoms with van der Waals surface area (Å²) in [6.45, 7) is 6.99. The van der Waals surface area contributed by atoms with Crippen molar-refractivity contribution in [1.29, 1.82) is 0 Å². The van der Waals surface area contributed by atoms with Gasteiger partial charge in [0.05, 0.1) is 6.54 Å². The fourth-order valence-electron chi connectivity index (χ4n) is 1.71. The Balaban J connectivity index is 2.81. The summed E-state index contributed by atoms with van der Waals surface area (Å²) in [6.07, 6.45) is 1.33. The van der Waals surface area contributed by atoms with Gasteiger partial charge in [0.15, 0.2) is 6.29 Å². The lowest BCUT2D eigenvalue weighted by Crippen LogP contribution is -2.25. The van der Waals surface area contributed by atoms with Crippen molar-refractivity contribution in [3.05, 3.63) is 23.5 Å². The predicted molar refractivity (Wildman–Crippen MR) is 63.2 cm³/mol. The van der Waals surface area contributed by atoms with Gasteiger partial charge in [-0.15, -0.1) is 0 Å². The molecule has 0 spiro atoms. The van der Waals surface area contributed by atoms with E-state index in [1.165, 1.54) is 0 Å². The molecule has 0 aliphatic carbocycles. The maximum atomic E-state index is 11.1. The van der Waals surface area contributed by atoms with Gasteiger partial charge in [0.1, 0.15) is 5.69 Å². The van der Waals surface area contributed by atoms with Crippen molar-refractivity contribution in [3.8, 4) is 0 Å². The van der Waals surface area contributed by atoms with E-state index in [0.717, 1.165) is 5.56 Å². The monoisotopic (exact) mass is 241 g/mol. The molecule has 1 rings (SSSR count). The standard InChI is InChI=1S/C12H19NO4/c1-4-16-10(17-5-2)8-13-7-6-9(3)11(13)12(14)15/h6-7,10H,4-5,8H2,1-3H3,(H,14,15). The van der Waals surface area contributed by atoms with Gasteiger partial charge < -0.3 is 19.1 Å². The van der Waals surface area contributed by atoms with Gasteiger partial charge in [0, 0.05) is 19.4 Å². The molecule has 0 unspecified atom stereocenters. The van der Waals surface area contributed by atoms with E-state index in [2.05, 4.69) is 0 Å². The second-order valence-electron chi connectivity index (χ2n) is 3.65. The van der Waals surface area contributed by atoms with Gasteiger partial charge in [-0.25, -0.2) is 4.79 Å². The summed E-state index contributed by atoms with van der Waals surface area (Å²) < 4.78 is 12.4. The first kappa shape index (κ1) is 13.7. The van der Waals surface area contributed by atoms with Crippen molar-refractivity contribution in [2.24, 2.45) is 0 Å². The number of ether oxygens (including phenoxy) is 2. The van der Waals surface area contributed by atoms with Crippen molar-refractivity contribution >= 4 is 5.97 Å². The molecule has 5 nitrogen and oxygen atoms in total. The third-order valence-corrected chi connectivity index (χ3v) is 2.42. The molecule has 1 N–H and O–H groups in total. The molecular formula is C12H19NO4. The van der Waals surface area contributed by atoms with Gasteiger partial charge in [-0.1, -0.05) is 0 Å². The van der Waals surface area contributed by atoms with E-state index < -0.39 is 12.3 Å². The minimum Gasteiger partial charge on any atom is -0.477 e. The zero-order chi connectivity index (χ0) is 12.8. The van der Waals surface area contributed by atoms with E-state index in [9.17, 15) is 4.79 Å². The van der Waals surface area contributed by atoms with Crippen LogP contribution in [0.2, 0.25) is 0 Å². The SMILES string of the molecule is CCOC(Cn1ccc(C)c1C(=O)O)OCC. The molecule has 0 aliphatic rings. The first-order chi connectivity index (χ1) is 8.10. The van der Waals surface area contributed by atoms with E-state index in [-0.39, 0.29) is 5.69 Å². The molecule has 1 heterocycles. The molecule has 1 aromatic rings. The fraction of sp³-hybridized carbons (Fsp3) is 0.583. The van der Waals surface area contributed by atoms with E-state index in [1.807, 2.05) is 13.8 Å². The topological polar surface area (TPSA) is 60.7 Å². The third-order valence-electron chi connectivity index (χ3n) is 2.42. The van der Waals surface area contributed by atoms with Crippen molar-refractivity contribution in [3.63, 3.8) is 0 Å². The van der Waals surface area contributed by atoms with Crippen molar-refractivity contribution in [2.75, 3.05) is 13.2 Å². The molecule has 1 aromatic heterocycles. The summed E-state index contributed by atoms with van der Waals surface area (Å²) in [7, 11) is 0. The van der Waals surface area contributed by atoms with Crippen LogP contribution in [0.5, 0.6) is 0 Å². The first-order valence-corrected chi connectivity index (χ1v) is 5.72. The summed E-state index contributed by atoms with van der Waals surface area (Å²) in [5.74, 6) is -0.931. The lowest BCUT2D eigenvalue weighted by molar-refractivity contribution is -0.143. The largest absolute Gasteiger partial charge is 0.477 e. The lowest BCUT2D eigenvalue weighted by Gasteiger charge is -2.18. The number of aryl methyl sites for hydroxylation is 1. The highest BCUT2D eigenvalue weighted by Crippen LogP contribution is 2.12. The zero-order valence-corrected chi connectivity index (χ0v) is 10.5. The molecule has 0 fully saturated rings. The smallest absolute Gasteiger partial charge is 0.352 e. The summed E-state index contributed by atoms with van der Waals surface area (Å²) in [5.41, 5.74) is 1.03. The minimum absolute atomic E-state index is 0.286. The molecular weight excluding hydrogens is 222 g/mol. The van der Waals surface area contributed by atoms with E-state index in [0.29, 0.717) is 19.8 Å². The molecule has 0 aromatic carbocycles. The molecule has 0 radical (unpaired) electrons. The Bertz CT molecular complexity index is 367. The molecule has 17 heavy (non-hydrogen) atoms. The summed E-state index contributed by atoms with van der Waals surface area (Å²) in [6, 6.07) is 1.78. The van der Waals surface area contributed by atoms with E-state index in [4.69, 9.17) is 14.6 Å². The molecule has 0 aliphatic heterocycles. The molecule has 96 valence electrons. The molecule has 0 amide bonds. The number of carbonyl (C=O) groups is 1. The quantitative estimate of drug-likeness (QED) is 0.740. The molecule has 0 saturated heterocycles. The summed E-state index contributed by atoms with van der Waals surface area (Å²) in [5, 5.41) is 9.11. The third kappa shape index (κ3) is 3.57. The van der Waals surface area contributed by atoms with Gasteiger partial charge in [-0.2, -0.15) is 0 Å². The number of rotatable bonds is 7. The Kier molecular flexibility index (Phi) is 5.18. The van der Waals surface area contributed by atoms with Crippen LogP contribution in [0.25, 0.3) is 0 Å². The highest BCUT2D eigenvalue weighted by molar-refractivity contribution is 5.87. The Labute approximate surface area is 101 Å². The van der Waals surface area contributed by atoms with Crippen LogP contribution in [-0.2, 0) is 16.0 Å². The van der Waals surface area contributed by atoms with Crippen LogP contribution in [0.4, 0.5) is 0 Å². The number of aromatic nitrogens is 1. The van der Waals surface area contributed by atoms with Crippen LogP contribution in [-0.4, -0.2) is 35.1 Å². The highest BCUT2D eigenvalue weighted by atomic mass is 16.7. The van der Waals surface area contributed by atoms with Crippen molar-refractivity contribution < 1.29 is 19.4 Å². The van der Waals surface area contributed by atoms with Crippen molar-refractivity contribution in [1.82, 2.24) is 4.57 Å². The van der Waals surface area contributed by atoms with Gasteiger partial charge in [0.25, 0.3) is 0 Å². The van der Waals surface area contributed by atoms with Gasteiger partial charge in [-0.05, 0) is 32.4 Å². The number of carboxylic acids is 1. The van der Waals surface area contributed by atoms with Gasteiger partial charge >= 0.3 is 5.97 Å². The average Bonchev–Trinajstić information content (AvgIpc) is 2.60. The number of carboxylic acid groups (broad SMARTS) is 1. The number of hydrogen-bond donors (Lipinski definition) is 1. The van der Waals surface area contributed by atoms with Crippen LogP contribution in [0, 0.1) is 6.92 Å². The summed E-state index contributed by atoms with van der Waals surface area (Å²) >= 11 is 0.